The number of anilines is 3. The molecule has 0 aliphatic heterocycles. The molecular weight excluding hydrogens is 703 g/mol. The lowest BCUT2D eigenvalue weighted by atomic mass is 9.95. The molecule has 0 fully saturated rings. The van der Waals surface area contributed by atoms with E-state index in [1.54, 1.807) is 0 Å². The second-order valence-electron chi connectivity index (χ2n) is 14.9. The van der Waals surface area contributed by atoms with Gasteiger partial charge >= 0.3 is 0 Å². The van der Waals surface area contributed by atoms with Crippen LogP contribution in [0.2, 0.25) is 0 Å². The molecule has 11 rings (SSSR count). The highest BCUT2D eigenvalue weighted by atomic mass is 16.3. The first-order chi connectivity index (χ1) is 28.7. The van der Waals surface area contributed by atoms with Crippen molar-refractivity contribution in [1.82, 2.24) is 0 Å². The number of nitrogens with zero attached hydrogens (tertiary/aromatic N) is 1. The van der Waals surface area contributed by atoms with Crippen molar-refractivity contribution in [3.8, 4) is 44.5 Å². The van der Waals surface area contributed by atoms with Crippen LogP contribution in [0, 0.1) is 0 Å². The molecular formula is C56H37NO. The molecule has 1 heterocycles. The summed E-state index contributed by atoms with van der Waals surface area (Å²) in [5, 5.41) is 7.01. The lowest BCUT2D eigenvalue weighted by molar-refractivity contribution is 0.673. The molecule has 0 bridgehead atoms. The van der Waals surface area contributed by atoms with Gasteiger partial charge in [-0.15, -0.1) is 0 Å². The molecule has 0 unspecified atom stereocenters. The Morgan fingerprint density at radius 3 is 1.48 bits per heavy atom. The van der Waals surface area contributed by atoms with Crippen molar-refractivity contribution in [2.24, 2.45) is 0 Å². The summed E-state index contributed by atoms with van der Waals surface area (Å²) in [6.07, 6.45) is 0. The zero-order chi connectivity index (χ0) is 38.4. The van der Waals surface area contributed by atoms with Gasteiger partial charge in [-0.3, -0.25) is 0 Å². The lowest BCUT2D eigenvalue weighted by Gasteiger charge is -2.28. The zero-order valence-electron chi connectivity index (χ0n) is 31.7. The molecule has 0 aliphatic rings. The molecule has 0 saturated carbocycles. The van der Waals surface area contributed by atoms with Crippen LogP contribution in [0.5, 0.6) is 0 Å². The molecule has 2 nitrogen and oxygen atoms in total. The summed E-state index contributed by atoms with van der Waals surface area (Å²) in [6, 6.07) is 80.8. The second kappa shape index (κ2) is 14.1. The maximum atomic E-state index is 6.63. The topological polar surface area (TPSA) is 16.4 Å². The van der Waals surface area contributed by atoms with Gasteiger partial charge in [-0.05, 0) is 115 Å². The van der Waals surface area contributed by atoms with E-state index in [4.69, 9.17) is 4.42 Å². The number of hydrogen-bond donors (Lipinski definition) is 0. The first-order valence-electron chi connectivity index (χ1n) is 19.8. The minimum Gasteiger partial charge on any atom is -0.455 e. The van der Waals surface area contributed by atoms with Crippen LogP contribution < -0.4 is 4.90 Å². The third-order valence-corrected chi connectivity index (χ3v) is 11.4. The van der Waals surface area contributed by atoms with Crippen molar-refractivity contribution in [1.29, 1.82) is 0 Å². The summed E-state index contributed by atoms with van der Waals surface area (Å²) in [5.74, 6) is 0. The van der Waals surface area contributed by atoms with Crippen molar-refractivity contribution < 1.29 is 4.42 Å². The van der Waals surface area contributed by atoms with Crippen molar-refractivity contribution >= 4 is 60.5 Å². The SMILES string of the molecule is c1ccc(-c2cc(-c3ccccc3)cc(N(c3cccc(-c4cccc5ccccc45)c3)c3cccc(-c4cccc5oc6c7ccccc7ccc6c45)c3)c2)cc1. The van der Waals surface area contributed by atoms with Crippen molar-refractivity contribution in [2.45, 2.75) is 0 Å². The molecule has 58 heavy (non-hydrogen) atoms. The van der Waals surface area contributed by atoms with Gasteiger partial charge in [-0.1, -0.05) is 170 Å². The minimum absolute atomic E-state index is 0.886. The molecule has 0 spiro atoms. The van der Waals surface area contributed by atoms with Crippen molar-refractivity contribution in [2.75, 3.05) is 4.90 Å². The second-order valence-corrected chi connectivity index (χ2v) is 14.9. The van der Waals surface area contributed by atoms with E-state index in [1.807, 2.05) is 0 Å². The van der Waals surface area contributed by atoms with E-state index >= 15 is 0 Å². The van der Waals surface area contributed by atoms with Crippen molar-refractivity contribution in [3.63, 3.8) is 0 Å². The third kappa shape index (κ3) is 5.91. The summed E-state index contributed by atoms with van der Waals surface area (Å²) < 4.78 is 6.63. The number of hydrogen-bond acceptors (Lipinski definition) is 2. The Morgan fingerprint density at radius 1 is 0.293 bits per heavy atom. The first-order valence-corrected chi connectivity index (χ1v) is 19.8. The molecule has 272 valence electrons. The fraction of sp³-hybridized carbons (Fsp3) is 0. The van der Waals surface area contributed by atoms with Crippen LogP contribution in [-0.2, 0) is 0 Å². The van der Waals surface area contributed by atoms with Gasteiger partial charge in [0.15, 0.2) is 0 Å². The Bertz CT molecular complexity index is 3230. The molecule has 0 radical (unpaired) electrons. The Balaban J connectivity index is 1.14. The summed E-state index contributed by atoms with van der Waals surface area (Å²) in [4.78, 5) is 2.41. The first kappa shape index (κ1) is 33.6. The lowest BCUT2D eigenvalue weighted by Crippen LogP contribution is -2.10. The molecule has 10 aromatic carbocycles. The van der Waals surface area contributed by atoms with Crippen LogP contribution in [0.15, 0.2) is 229 Å². The Morgan fingerprint density at radius 2 is 0.793 bits per heavy atom. The maximum Gasteiger partial charge on any atom is 0.143 e. The summed E-state index contributed by atoms with van der Waals surface area (Å²) in [6.45, 7) is 0. The smallest absolute Gasteiger partial charge is 0.143 e. The van der Waals surface area contributed by atoms with Gasteiger partial charge < -0.3 is 9.32 Å². The Kier molecular flexibility index (Phi) is 8.19. The largest absolute Gasteiger partial charge is 0.455 e. The third-order valence-electron chi connectivity index (χ3n) is 11.4. The van der Waals surface area contributed by atoms with E-state index < -0.39 is 0 Å². The van der Waals surface area contributed by atoms with Gasteiger partial charge in [0.05, 0.1) is 0 Å². The molecule has 0 N–H and O–H groups in total. The van der Waals surface area contributed by atoms with Crippen LogP contribution in [0.4, 0.5) is 17.1 Å². The monoisotopic (exact) mass is 739 g/mol. The number of benzene rings is 10. The van der Waals surface area contributed by atoms with E-state index in [0.29, 0.717) is 0 Å². The van der Waals surface area contributed by atoms with Gasteiger partial charge in [-0.2, -0.15) is 0 Å². The zero-order valence-corrected chi connectivity index (χ0v) is 31.7. The Labute approximate surface area is 337 Å². The average Bonchev–Trinajstić information content (AvgIpc) is 3.69. The molecule has 0 aliphatic carbocycles. The molecule has 0 atom stereocenters. The van der Waals surface area contributed by atoms with Gasteiger partial charge in [0.25, 0.3) is 0 Å². The van der Waals surface area contributed by atoms with Crippen LogP contribution in [-0.4, -0.2) is 0 Å². The van der Waals surface area contributed by atoms with Gasteiger partial charge in [0.2, 0.25) is 0 Å². The van der Waals surface area contributed by atoms with E-state index in [9.17, 15) is 0 Å². The van der Waals surface area contributed by atoms with Gasteiger partial charge in [0.1, 0.15) is 11.2 Å². The van der Waals surface area contributed by atoms with E-state index in [2.05, 4.69) is 229 Å². The highest BCUT2D eigenvalue weighted by molar-refractivity contribution is 6.19. The van der Waals surface area contributed by atoms with Crippen LogP contribution in [0.3, 0.4) is 0 Å². The Hall–Kier alpha value is -7.68. The number of furan rings is 1. The predicted octanol–water partition coefficient (Wildman–Crippen LogP) is 16.0. The summed E-state index contributed by atoms with van der Waals surface area (Å²) in [5.41, 5.74) is 14.3. The number of rotatable bonds is 7. The summed E-state index contributed by atoms with van der Waals surface area (Å²) >= 11 is 0. The van der Waals surface area contributed by atoms with E-state index in [0.717, 1.165) is 66.6 Å². The van der Waals surface area contributed by atoms with Gasteiger partial charge in [0, 0.05) is 33.2 Å². The molecule has 0 saturated heterocycles. The van der Waals surface area contributed by atoms with Crippen LogP contribution in [0.1, 0.15) is 0 Å². The highest BCUT2D eigenvalue weighted by Crippen LogP contribution is 2.44. The molecule has 0 amide bonds. The fourth-order valence-corrected chi connectivity index (χ4v) is 8.68. The highest BCUT2D eigenvalue weighted by Gasteiger charge is 2.20. The maximum absolute atomic E-state index is 6.63. The van der Waals surface area contributed by atoms with Crippen LogP contribution >= 0.6 is 0 Å². The van der Waals surface area contributed by atoms with E-state index in [-0.39, 0.29) is 0 Å². The normalized spacial score (nSPS) is 11.4. The summed E-state index contributed by atoms with van der Waals surface area (Å²) in [7, 11) is 0. The fourth-order valence-electron chi connectivity index (χ4n) is 8.68. The average molecular weight is 740 g/mol. The predicted molar refractivity (Wildman–Crippen MR) is 245 cm³/mol. The quantitative estimate of drug-likeness (QED) is 0.162. The molecule has 11 aromatic rings. The standard InChI is InChI=1S/C56H37NO/c1-3-15-38(16-4-1)44-33-45(39-17-5-2-6-18-39)37-48(36-44)57(46-24-11-22-42(34-46)50-28-13-21-40-19-7-9-26-49(40)50)47-25-12-23-43(35-47)51-29-14-30-54-55(51)53-32-31-41-20-8-10-27-52(41)56(53)58-54/h1-37H. The number of fused-ring (bicyclic) bond motifs is 6. The molecule has 2 heteroatoms. The molecule has 1 aromatic heterocycles. The van der Waals surface area contributed by atoms with Gasteiger partial charge in [-0.25, -0.2) is 0 Å². The van der Waals surface area contributed by atoms with Crippen molar-refractivity contribution in [3.05, 3.63) is 224 Å². The van der Waals surface area contributed by atoms with Crippen LogP contribution in [0.25, 0.3) is 88.0 Å². The van der Waals surface area contributed by atoms with E-state index in [1.165, 1.54) is 38.4 Å². The minimum atomic E-state index is 0.886.